The molecule has 0 aliphatic rings. The van der Waals surface area contributed by atoms with E-state index in [2.05, 4.69) is 0 Å². The number of halogens is 1. The van der Waals surface area contributed by atoms with Gasteiger partial charge in [0.1, 0.15) is 0 Å². The standard InChI is InChI=1S/C11H14ClNO3/c1-6(13)11(14)7-4-9(15-2)10(16-3)5-8(7)12/h4-6H,13H2,1-3H3. The van der Waals surface area contributed by atoms with Crippen LogP contribution in [0, 0.1) is 0 Å². The predicted molar refractivity (Wildman–Crippen MR) is 62.5 cm³/mol. The molecule has 1 unspecified atom stereocenters. The zero-order valence-electron chi connectivity index (χ0n) is 9.41. The van der Waals surface area contributed by atoms with Crippen molar-refractivity contribution in [3.05, 3.63) is 22.7 Å². The third kappa shape index (κ3) is 2.46. The van der Waals surface area contributed by atoms with Crippen molar-refractivity contribution in [1.82, 2.24) is 0 Å². The summed E-state index contributed by atoms with van der Waals surface area (Å²) < 4.78 is 10.1. The minimum Gasteiger partial charge on any atom is -0.493 e. The number of hydrogen-bond donors (Lipinski definition) is 1. The summed E-state index contributed by atoms with van der Waals surface area (Å²) in [6, 6.07) is 2.47. The SMILES string of the molecule is COc1cc(Cl)c(C(=O)C(C)N)cc1OC. The maximum Gasteiger partial charge on any atom is 0.180 e. The van der Waals surface area contributed by atoms with Gasteiger partial charge < -0.3 is 15.2 Å². The molecule has 1 rings (SSSR count). The van der Waals surface area contributed by atoms with Crippen molar-refractivity contribution in [3.8, 4) is 11.5 Å². The molecule has 0 heterocycles. The quantitative estimate of drug-likeness (QED) is 0.821. The van der Waals surface area contributed by atoms with Gasteiger partial charge in [0.2, 0.25) is 0 Å². The minimum atomic E-state index is -0.601. The Hall–Kier alpha value is -1.26. The monoisotopic (exact) mass is 243 g/mol. The highest BCUT2D eigenvalue weighted by molar-refractivity contribution is 6.34. The van der Waals surface area contributed by atoms with E-state index in [9.17, 15) is 4.79 Å². The van der Waals surface area contributed by atoms with E-state index in [1.54, 1.807) is 6.92 Å². The second-order valence-electron chi connectivity index (χ2n) is 3.34. The van der Waals surface area contributed by atoms with Gasteiger partial charge in [-0.2, -0.15) is 0 Å². The maximum absolute atomic E-state index is 11.7. The lowest BCUT2D eigenvalue weighted by Gasteiger charge is -2.12. The molecule has 0 radical (unpaired) electrons. The fraction of sp³-hybridized carbons (Fsp3) is 0.364. The number of methoxy groups -OCH3 is 2. The number of hydrogen-bond acceptors (Lipinski definition) is 4. The number of benzene rings is 1. The van der Waals surface area contributed by atoms with Gasteiger partial charge in [0, 0.05) is 11.6 Å². The molecule has 16 heavy (non-hydrogen) atoms. The van der Waals surface area contributed by atoms with Crippen molar-refractivity contribution in [2.24, 2.45) is 5.73 Å². The first kappa shape index (κ1) is 12.8. The lowest BCUT2D eigenvalue weighted by molar-refractivity contribution is 0.0967. The minimum absolute atomic E-state index is 0.231. The molecular weight excluding hydrogens is 230 g/mol. The molecule has 0 bridgehead atoms. The fourth-order valence-electron chi connectivity index (χ4n) is 1.29. The average Bonchev–Trinajstić information content (AvgIpc) is 2.27. The lowest BCUT2D eigenvalue weighted by Crippen LogP contribution is -2.26. The smallest absolute Gasteiger partial charge is 0.180 e. The van der Waals surface area contributed by atoms with Gasteiger partial charge in [0.25, 0.3) is 0 Å². The van der Waals surface area contributed by atoms with Crippen LogP contribution in [0.1, 0.15) is 17.3 Å². The summed E-state index contributed by atoms with van der Waals surface area (Å²) in [6.07, 6.45) is 0. The second kappa shape index (κ2) is 5.18. The van der Waals surface area contributed by atoms with Crippen molar-refractivity contribution < 1.29 is 14.3 Å². The van der Waals surface area contributed by atoms with Crippen molar-refractivity contribution in [2.75, 3.05) is 14.2 Å². The molecule has 0 amide bonds. The number of carbonyl (C=O) groups excluding carboxylic acids is 1. The van der Waals surface area contributed by atoms with Crippen LogP contribution in [0.3, 0.4) is 0 Å². The van der Waals surface area contributed by atoms with Gasteiger partial charge in [0.15, 0.2) is 17.3 Å². The Balaban J connectivity index is 3.26. The number of nitrogens with two attached hydrogens (primary N) is 1. The largest absolute Gasteiger partial charge is 0.493 e. The average molecular weight is 244 g/mol. The van der Waals surface area contributed by atoms with E-state index in [1.165, 1.54) is 26.4 Å². The lowest BCUT2D eigenvalue weighted by atomic mass is 10.1. The zero-order valence-corrected chi connectivity index (χ0v) is 10.2. The number of rotatable bonds is 4. The van der Waals surface area contributed by atoms with Crippen molar-refractivity contribution in [2.45, 2.75) is 13.0 Å². The Labute approximate surface area is 99.3 Å². The predicted octanol–water partition coefficient (Wildman–Crippen LogP) is 1.89. The van der Waals surface area contributed by atoms with E-state index in [4.69, 9.17) is 26.8 Å². The summed E-state index contributed by atoms with van der Waals surface area (Å²) in [5.41, 5.74) is 5.86. The summed E-state index contributed by atoms with van der Waals surface area (Å²) in [7, 11) is 2.99. The Morgan fingerprint density at radius 2 is 1.81 bits per heavy atom. The van der Waals surface area contributed by atoms with E-state index < -0.39 is 6.04 Å². The first-order valence-electron chi connectivity index (χ1n) is 4.72. The van der Waals surface area contributed by atoms with Gasteiger partial charge >= 0.3 is 0 Å². The van der Waals surface area contributed by atoms with Crippen LogP contribution in [0.4, 0.5) is 0 Å². The molecule has 0 saturated carbocycles. The summed E-state index contributed by atoms with van der Waals surface area (Å²) in [5, 5.41) is 0.306. The van der Waals surface area contributed by atoms with Gasteiger partial charge in [-0.25, -0.2) is 0 Å². The number of ether oxygens (including phenoxy) is 2. The fourth-order valence-corrected chi connectivity index (χ4v) is 1.54. The van der Waals surface area contributed by atoms with Gasteiger partial charge in [0.05, 0.1) is 25.3 Å². The van der Waals surface area contributed by atoms with Crippen LogP contribution in [0.2, 0.25) is 5.02 Å². The molecule has 1 aromatic rings. The van der Waals surface area contributed by atoms with Gasteiger partial charge in [-0.3, -0.25) is 4.79 Å². The van der Waals surface area contributed by atoms with E-state index in [0.717, 1.165) is 0 Å². The molecule has 2 N–H and O–H groups in total. The molecule has 0 fully saturated rings. The van der Waals surface area contributed by atoms with Gasteiger partial charge in [-0.1, -0.05) is 11.6 Å². The molecule has 0 saturated heterocycles. The Kier molecular flexibility index (Phi) is 4.15. The molecule has 0 spiro atoms. The topological polar surface area (TPSA) is 61.5 Å². The van der Waals surface area contributed by atoms with E-state index in [-0.39, 0.29) is 5.78 Å². The summed E-state index contributed by atoms with van der Waals surface area (Å²) >= 11 is 5.96. The molecule has 88 valence electrons. The molecule has 5 heteroatoms. The molecule has 0 aliphatic carbocycles. The molecule has 1 aromatic carbocycles. The van der Waals surface area contributed by atoms with Gasteiger partial charge in [-0.15, -0.1) is 0 Å². The Bertz CT molecular complexity index is 404. The zero-order chi connectivity index (χ0) is 12.3. The maximum atomic E-state index is 11.7. The van der Waals surface area contributed by atoms with Crippen LogP contribution < -0.4 is 15.2 Å². The van der Waals surface area contributed by atoms with Crippen LogP contribution >= 0.6 is 11.6 Å². The number of ketones is 1. The van der Waals surface area contributed by atoms with Crippen LogP contribution in [-0.4, -0.2) is 26.0 Å². The van der Waals surface area contributed by atoms with Crippen LogP contribution in [0.5, 0.6) is 11.5 Å². The van der Waals surface area contributed by atoms with Gasteiger partial charge in [-0.05, 0) is 13.0 Å². The van der Waals surface area contributed by atoms with Crippen molar-refractivity contribution in [3.63, 3.8) is 0 Å². The molecule has 1 atom stereocenters. The van der Waals surface area contributed by atoms with Crippen molar-refractivity contribution >= 4 is 17.4 Å². The van der Waals surface area contributed by atoms with E-state index in [0.29, 0.717) is 22.1 Å². The summed E-state index contributed by atoms with van der Waals surface area (Å²) in [5.74, 6) is 0.704. The second-order valence-corrected chi connectivity index (χ2v) is 3.75. The van der Waals surface area contributed by atoms with Crippen molar-refractivity contribution in [1.29, 1.82) is 0 Å². The highest BCUT2D eigenvalue weighted by Crippen LogP contribution is 2.33. The van der Waals surface area contributed by atoms with E-state index in [1.807, 2.05) is 0 Å². The van der Waals surface area contributed by atoms with Crippen LogP contribution in [-0.2, 0) is 0 Å². The van der Waals surface area contributed by atoms with Crippen LogP contribution in [0.15, 0.2) is 12.1 Å². The number of Topliss-reactive ketones (excluding diaryl/α,β-unsaturated/α-hetero) is 1. The molecular formula is C11H14ClNO3. The highest BCUT2D eigenvalue weighted by Gasteiger charge is 2.18. The van der Waals surface area contributed by atoms with Crippen LogP contribution in [0.25, 0.3) is 0 Å². The Morgan fingerprint density at radius 3 is 2.25 bits per heavy atom. The summed E-state index contributed by atoms with van der Waals surface area (Å²) in [4.78, 5) is 11.7. The normalized spacial score (nSPS) is 12.1. The first-order chi connectivity index (χ1) is 7.51. The molecule has 0 aromatic heterocycles. The highest BCUT2D eigenvalue weighted by atomic mass is 35.5. The summed E-state index contributed by atoms with van der Waals surface area (Å²) in [6.45, 7) is 1.61. The third-order valence-electron chi connectivity index (χ3n) is 2.15. The first-order valence-corrected chi connectivity index (χ1v) is 5.10. The number of carbonyl (C=O) groups is 1. The third-order valence-corrected chi connectivity index (χ3v) is 2.46. The van der Waals surface area contributed by atoms with E-state index >= 15 is 0 Å². The molecule has 4 nitrogen and oxygen atoms in total. The Morgan fingerprint density at radius 1 is 1.31 bits per heavy atom. The molecule has 0 aliphatic heterocycles.